The average Bonchev–Trinajstić information content (AvgIpc) is 3.82. The molecule has 0 radical (unpaired) electrons. The summed E-state index contributed by atoms with van der Waals surface area (Å²) in [7, 11) is 1.65. The molecule has 0 spiro atoms. The number of unbranched alkanes of at least 4 members (excludes halogenated alkanes) is 1. The van der Waals surface area contributed by atoms with Crippen LogP contribution in [0.3, 0.4) is 0 Å². The number of hydrogen-bond acceptors (Lipinski definition) is 4. The van der Waals surface area contributed by atoms with E-state index in [0.717, 1.165) is 50.8 Å². The van der Waals surface area contributed by atoms with E-state index in [4.69, 9.17) is 11.6 Å². The summed E-state index contributed by atoms with van der Waals surface area (Å²) >= 11 is 6.01. The van der Waals surface area contributed by atoms with E-state index in [9.17, 15) is 27.5 Å². The van der Waals surface area contributed by atoms with E-state index in [1.54, 1.807) is 13.1 Å². The molecule has 1 N–H and O–H groups in total. The Bertz CT molecular complexity index is 1330. The van der Waals surface area contributed by atoms with Gasteiger partial charge < -0.3 is 14.7 Å². The first kappa shape index (κ1) is 29.5. The number of amides is 2. The van der Waals surface area contributed by atoms with Crippen LogP contribution in [-0.2, 0) is 5.41 Å². The van der Waals surface area contributed by atoms with Crippen LogP contribution >= 0.6 is 11.6 Å². The van der Waals surface area contributed by atoms with Crippen molar-refractivity contribution in [1.82, 2.24) is 9.80 Å². The SMILES string of the molecule is CN(C(=O)N(CCCCN1C[C@@H]2C[C@@H]2[C@H]1CO)[C@@H]1CC[C@]2(c3cccc(OC(F)(F)F)c3)C[C@H]12)c1ccc(F)c(Cl)c1. The lowest BCUT2D eigenvalue weighted by atomic mass is 9.93. The number of aliphatic hydroxyl groups excluding tert-OH is 1. The minimum absolute atomic E-state index is 0.0659. The Balaban J connectivity index is 1.17. The van der Waals surface area contributed by atoms with Crippen LogP contribution in [0.4, 0.5) is 28.0 Å². The summed E-state index contributed by atoms with van der Waals surface area (Å²) in [6.45, 7) is 2.60. The van der Waals surface area contributed by atoms with E-state index in [-0.39, 0.29) is 46.8 Å². The number of urea groups is 1. The van der Waals surface area contributed by atoms with Gasteiger partial charge in [-0.2, -0.15) is 0 Å². The predicted octanol–water partition coefficient (Wildman–Crippen LogP) is 6.45. The molecule has 6 atom stereocenters. The molecule has 228 valence electrons. The third kappa shape index (κ3) is 5.69. The van der Waals surface area contributed by atoms with Crippen LogP contribution in [0.5, 0.6) is 5.75 Å². The van der Waals surface area contributed by atoms with Gasteiger partial charge in [-0.25, -0.2) is 9.18 Å². The predicted molar refractivity (Wildman–Crippen MR) is 151 cm³/mol. The minimum Gasteiger partial charge on any atom is -0.406 e. The number of likely N-dealkylation sites (tertiary alicyclic amines) is 1. The first-order valence-corrected chi connectivity index (χ1v) is 15.1. The summed E-state index contributed by atoms with van der Waals surface area (Å²) in [5.41, 5.74) is 1.01. The number of nitrogens with zero attached hydrogens (tertiary/aromatic N) is 3. The number of carbonyl (C=O) groups excluding carboxylic acids is 1. The van der Waals surface area contributed by atoms with Gasteiger partial charge in [0.25, 0.3) is 0 Å². The van der Waals surface area contributed by atoms with Gasteiger partial charge in [-0.1, -0.05) is 23.7 Å². The highest BCUT2D eigenvalue weighted by atomic mass is 35.5. The Hall–Kier alpha value is -2.56. The zero-order chi connectivity index (χ0) is 29.8. The minimum atomic E-state index is -4.76. The molecule has 4 fully saturated rings. The molecule has 1 heterocycles. The fraction of sp³-hybridized carbons (Fsp3) is 0.581. The topological polar surface area (TPSA) is 56.3 Å². The van der Waals surface area contributed by atoms with Crippen molar-refractivity contribution in [3.8, 4) is 5.75 Å². The Morgan fingerprint density at radius 1 is 1.21 bits per heavy atom. The first-order valence-electron chi connectivity index (χ1n) is 14.7. The van der Waals surface area contributed by atoms with Gasteiger partial charge in [0.05, 0.1) is 11.6 Å². The zero-order valence-electron chi connectivity index (χ0n) is 23.5. The summed E-state index contributed by atoms with van der Waals surface area (Å²) in [4.78, 5) is 19.7. The van der Waals surface area contributed by atoms with E-state index in [1.165, 1.54) is 41.7 Å². The van der Waals surface area contributed by atoms with Crippen LogP contribution < -0.4 is 9.64 Å². The summed E-state index contributed by atoms with van der Waals surface area (Å²) in [6.07, 6.45) is 0.395. The summed E-state index contributed by atoms with van der Waals surface area (Å²) in [5, 5.41) is 9.76. The maximum atomic E-state index is 14.0. The highest BCUT2D eigenvalue weighted by Gasteiger charge is 2.64. The smallest absolute Gasteiger partial charge is 0.406 e. The normalized spacial score (nSPS) is 29.6. The third-order valence-corrected chi connectivity index (χ3v) is 10.3. The average molecular weight is 610 g/mol. The molecule has 6 rings (SSSR count). The van der Waals surface area contributed by atoms with E-state index in [0.29, 0.717) is 24.1 Å². The Labute approximate surface area is 248 Å². The van der Waals surface area contributed by atoms with E-state index >= 15 is 0 Å². The number of piperidine rings is 1. The van der Waals surface area contributed by atoms with Crippen LogP contribution in [0.2, 0.25) is 5.02 Å². The van der Waals surface area contributed by atoms with Crippen LogP contribution in [0.25, 0.3) is 0 Å². The van der Waals surface area contributed by atoms with Crippen molar-refractivity contribution in [2.75, 3.05) is 38.2 Å². The number of carbonyl (C=O) groups is 1. The molecule has 2 amide bonds. The molecule has 2 aromatic carbocycles. The van der Waals surface area contributed by atoms with Crippen molar-refractivity contribution in [3.63, 3.8) is 0 Å². The molecule has 11 heteroatoms. The van der Waals surface area contributed by atoms with Gasteiger partial charge in [0, 0.05) is 43.3 Å². The van der Waals surface area contributed by atoms with Crippen molar-refractivity contribution in [1.29, 1.82) is 0 Å². The van der Waals surface area contributed by atoms with Crippen LogP contribution in [0.1, 0.15) is 44.1 Å². The molecule has 1 aliphatic heterocycles. The lowest BCUT2D eigenvalue weighted by Crippen LogP contribution is -2.48. The molecule has 42 heavy (non-hydrogen) atoms. The number of fused-ring (bicyclic) bond motifs is 2. The number of benzene rings is 2. The monoisotopic (exact) mass is 609 g/mol. The van der Waals surface area contributed by atoms with Crippen molar-refractivity contribution in [3.05, 3.63) is 58.9 Å². The fourth-order valence-corrected chi connectivity index (χ4v) is 7.92. The number of rotatable bonds is 10. The lowest BCUT2D eigenvalue weighted by molar-refractivity contribution is -0.274. The van der Waals surface area contributed by atoms with Crippen molar-refractivity contribution in [2.45, 2.75) is 62.4 Å². The van der Waals surface area contributed by atoms with Crippen LogP contribution in [0, 0.1) is 23.6 Å². The fourth-order valence-electron chi connectivity index (χ4n) is 7.75. The maximum absolute atomic E-state index is 14.0. The number of ether oxygens (including phenoxy) is 1. The van der Waals surface area contributed by atoms with E-state index < -0.39 is 12.2 Å². The molecular weight excluding hydrogens is 574 g/mol. The second-order valence-electron chi connectivity index (χ2n) is 12.4. The second-order valence-corrected chi connectivity index (χ2v) is 12.8. The highest BCUT2D eigenvalue weighted by molar-refractivity contribution is 6.31. The zero-order valence-corrected chi connectivity index (χ0v) is 24.3. The molecule has 4 aliphatic rings. The van der Waals surface area contributed by atoms with E-state index in [2.05, 4.69) is 9.64 Å². The Kier molecular flexibility index (Phi) is 7.85. The number of alkyl halides is 3. The molecule has 0 aromatic heterocycles. The Morgan fingerprint density at radius 2 is 2.02 bits per heavy atom. The molecule has 1 saturated heterocycles. The van der Waals surface area contributed by atoms with Gasteiger partial charge in [0.2, 0.25) is 0 Å². The lowest BCUT2D eigenvalue weighted by Gasteiger charge is -2.34. The summed E-state index contributed by atoms with van der Waals surface area (Å²) < 4.78 is 56.6. The third-order valence-electron chi connectivity index (χ3n) is 10.0. The summed E-state index contributed by atoms with van der Waals surface area (Å²) in [5.74, 6) is 0.653. The molecule has 0 bridgehead atoms. The van der Waals surface area contributed by atoms with Gasteiger partial charge in [0.1, 0.15) is 11.6 Å². The molecule has 3 aliphatic carbocycles. The summed E-state index contributed by atoms with van der Waals surface area (Å²) in [6, 6.07) is 10.4. The van der Waals surface area contributed by atoms with Crippen molar-refractivity contribution in [2.24, 2.45) is 17.8 Å². The van der Waals surface area contributed by atoms with Gasteiger partial charge in [-0.15, -0.1) is 13.2 Å². The van der Waals surface area contributed by atoms with Gasteiger partial charge in [0.15, 0.2) is 0 Å². The Morgan fingerprint density at radius 3 is 2.74 bits per heavy atom. The number of anilines is 1. The molecule has 3 saturated carbocycles. The first-order chi connectivity index (χ1) is 20.0. The second kappa shape index (κ2) is 11.2. The van der Waals surface area contributed by atoms with E-state index in [1.807, 2.05) is 11.0 Å². The quantitative estimate of drug-likeness (QED) is 0.249. The molecule has 0 unspecified atom stereocenters. The number of aliphatic hydroxyl groups is 1. The van der Waals surface area contributed by atoms with Gasteiger partial charge in [-0.3, -0.25) is 9.80 Å². The largest absolute Gasteiger partial charge is 0.573 e. The van der Waals surface area contributed by atoms with Crippen LogP contribution in [-0.4, -0.2) is 72.7 Å². The molecular formula is C31H36ClF4N3O3. The van der Waals surface area contributed by atoms with Gasteiger partial charge in [-0.05, 0) is 98.7 Å². The standard InChI is InChI=1S/C31H36ClF4N3O3/c1-37(21-7-8-26(33)25(32)15-21)29(41)39(12-3-2-11-38-17-19-13-23(19)28(38)18-40)27-9-10-30(16-24(27)30)20-5-4-6-22(14-20)42-31(34,35)36/h4-8,14-15,19,23-24,27-28,40H,2-3,9-13,16-18H2,1H3/t19-,23-,24+,27+,28+,30+/m0/s1. The number of halogens is 5. The highest BCUT2D eigenvalue weighted by Crippen LogP contribution is 2.65. The van der Waals surface area contributed by atoms with Crippen LogP contribution in [0.15, 0.2) is 42.5 Å². The van der Waals surface area contributed by atoms with Crippen molar-refractivity contribution < 1.29 is 32.2 Å². The van der Waals surface area contributed by atoms with Gasteiger partial charge >= 0.3 is 12.4 Å². The maximum Gasteiger partial charge on any atom is 0.573 e. The molecule has 2 aromatic rings. The number of hydrogen-bond donors (Lipinski definition) is 1. The molecule has 6 nitrogen and oxygen atoms in total. The van der Waals surface area contributed by atoms with Crippen molar-refractivity contribution >= 4 is 23.3 Å².